The summed E-state index contributed by atoms with van der Waals surface area (Å²) < 4.78 is 7.48. The quantitative estimate of drug-likeness (QED) is 0.873. The van der Waals surface area contributed by atoms with E-state index in [0.717, 1.165) is 23.4 Å². The highest BCUT2D eigenvalue weighted by Gasteiger charge is 2.28. The van der Waals surface area contributed by atoms with E-state index in [1.165, 1.54) is 0 Å². The molecule has 2 heterocycles. The third-order valence-corrected chi connectivity index (χ3v) is 4.37. The fraction of sp³-hybridized carbons (Fsp3) is 0.389. The van der Waals surface area contributed by atoms with Crippen molar-refractivity contribution >= 4 is 5.91 Å². The molecule has 1 aliphatic rings. The largest absolute Gasteiger partial charge is 0.377 e. The molecular formula is C18H22N2O2. The van der Waals surface area contributed by atoms with Crippen molar-refractivity contribution in [1.29, 1.82) is 0 Å². The number of carbonyl (C=O) groups is 1. The molecule has 3 rings (SSSR count). The monoisotopic (exact) mass is 298 g/mol. The number of aromatic nitrogens is 1. The van der Waals surface area contributed by atoms with E-state index >= 15 is 0 Å². The van der Waals surface area contributed by atoms with Crippen LogP contribution in [0.1, 0.15) is 23.8 Å². The second kappa shape index (κ2) is 6.36. The number of benzene rings is 1. The van der Waals surface area contributed by atoms with Gasteiger partial charge in [-0.25, -0.2) is 0 Å². The zero-order chi connectivity index (χ0) is 15.5. The molecule has 116 valence electrons. The second-order valence-electron chi connectivity index (χ2n) is 5.66. The molecule has 0 N–H and O–H groups in total. The van der Waals surface area contributed by atoms with Gasteiger partial charge < -0.3 is 14.2 Å². The first-order valence-electron chi connectivity index (χ1n) is 7.82. The van der Waals surface area contributed by atoms with Crippen LogP contribution < -0.4 is 0 Å². The molecule has 0 spiro atoms. The summed E-state index contributed by atoms with van der Waals surface area (Å²) in [6.07, 6.45) is 0.918. The number of morpholine rings is 1. The molecule has 0 radical (unpaired) electrons. The summed E-state index contributed by atoms with van der Waals surface area (Å²) >= 11 is 0. The molecule has 1 fully saturated rings. The van der Waals surface area contributed by atoms with Crippen LogP contribution in [0.4, 0.5) is 0 Å². The van der Waals surface area contributed by atoms with E-state index < -0.39 is 0 Å². The molecule has 0 bridgehead atoms. The molecule has 1 aromatic carbocycles. The molecule has 2 aromatic rings. The summed E-state index contributed by atoms with van der Waals surface area (Å²) in [6, 6.07) is 14.3. The van der Waals surface area contributed by atoms with Crippen LogP contribution in [-0.4, -0.2) is 41.2 Å². The Kier molecular flexibility index (Phi) is 4.29. The normalized spacial score (nSPS) is 18.5. The van der Waals surface area contributed by atoms with E-state index in [9.17, 15) is 4.79 Å². The Hall–Kier alpha value is -2.07. The van der Waals surface area contributed by atoms with Gasteiger partial charge in [0.2, 0.25) is 0 Å². The van der Waals surface area contributed by atoms with Crippen LogP contribution in [-0.2, 0) is 11.8 Å². The Bertz CT molecular complexity index is 648. The van der Waals surface area contributed by atoms with Crippen LogP contribution in [0.15, 0.2) is 42.5 Å². The highest BCUT2D eigenvalue weighted by molar-refractivity contribution is 5.94. The summed E-state index contributed by atoms with van der Waals surface area (Å²) in [4.78, 5) is 14.8. The molecule has 1 aliphatic heterocycles. The molecule has 4 heteroatoms. The van der Waals surface area contributed by atoms with Crippen LogP contribution in [0.25, 0.3) is 11.3 Å². The van der Waals surface area contributed by atoms with Gasteiger partial charge in [0.05, 0.1) is 19.3 Å². The highest BCUT2D eigenvalue weighted by atomic mass is 16.5. The third-order valence-electron chi connectivity index (χ3n) is 4.37. The van der Waals surface area contributed by atoms with E-state index in [4.69, 9.17) is 4.74 Å². The molecule has 1 atom stereocenters. The van der Waals surface area contributed by atoms with Gasteiger partial charge in [-0.2, -0.15) is 0 Å². The second-order valence-corrected chi connectivity index (χ2v) is 5.66. The average molecular weight is 298 g/mol. The molecule has 1 amide bonds. The fourth-order valence-corrected chi connectivity index (χ4v) is 3.03. The maximum Gasteiger partial charge on any atom is 0.270 e. The Morgan fingerprint density at radius 2 is 2.00 bits per heavy atom. The van der Waals surface area contributed by atoms with E-state index in [1.54, 1.807) is 0 Å². The molecule has 0 aliphatic carbocycles. The Labute approximate surface area is 131 Å². The Morgan fingerprint density at radius 1 is 1.23 bits per heavy atom. The van der Waals surface area contributed by atoms with Crippen molar-refractivity contribution < 1.29 is 9.53 Å². The molecule has 22 heavy (non-hydrogen) atoms. The number of carbonyl (C=O) groups excluding carboxylic acids is 1. The summed E-state index contributed by atoms with van der Waals surface area (Å²) in [5.41, 5.74) is 2.92. The first kappa shape index (κ1) is 14.9. The van der Waals surface area contributed by atoms with Gasteiger partial charge in [0, 0.05) is 19.3 Å². The minimum atomic E-state index is 0.0971. The van der Waals surface area contributed by atoms with Gasteiger partial charge in [-0.05, 0) is 24.1 Å². The van der Waals surface area contributed by atoms with E-state index in [1.807, 2.05) is 46.8 Å². The van der Waals surface area contributed by atoms with Crippen LogP contribution in [0.3, 0.4) is 0 Å². The lowest BCUT2D eigenvalue weighted by Crippen LogP contribution is -2.48. The van der Waals surface area contributed by atoms with Gasteiger partial charge in [0.15, 0.2) is 0 Å². The van der Waals surface area contributed by atoms with E-state index in [0.29, 0.717) is 19.8 Å². The number of hydrogen-bond donors (Lipinski definition) is 0. The minimum Gasteiger partial charge on any atom is -0.377 e. The number of ether oxygens (including phenoxy) is 1. The summed E-state index contributed by atoms with van der Waals surface area (Å²) in [5, 5.41) is 0. The zero-order valence-corrected chi connectivity index (χ0v) is 13.2. The summed E-state index contributed by atoms with van der Waals surface area (Å²) in [7, 11) is 1.96. The predicted molar refractivity (Wildman–Crippen MR) is 86.8 cm³/mol. The molecule has 4 nitrogen and oxygen atoms in total. The zero-order valence-electron chi connectivity index (χ0n) is 13.2. The Morgan fingerprint density at radius 3 is 2.73 bits per heavy atom. The lowest BCUT2D eigenvalue weighted by molar-refractivity contribution is -0.00328. The SMILES string of the molecule is CC[C@H]1COCCN1C(=O)c1ccc(-c2ccccc2)n1C. The predicted octanol–water partition coefficient (Wildman–Crippen LogP) is 2.94. The van der Waals surface area contributed by atoms with Crippen LogP contribution in [0.5, 0.6) is 0 Å². The van der Waals surface area contributed by atoms with Crippen LogP contribution >= 0.6 is 0 Å². The number of hydrogen-bond acceptors (Lipinski definition) is 2. The summed E-state index contributed by atoms with van der Waals surface area (Å²) in [5.74, 6) is 0.0971. The number of amides is 1. The molecule has 1 saturated heterocycles. The van der Waals surface area contributed by atoms with Gasteiger partial charge >= 0.3 is 0 Å². The van der Waals surface area contributed by atoms with Gasteiger partial charge in [-0.1, -0.05) is 37.3 Å². The van der Waals surface area contributed by atoms with Gasteiger partial charge in [-0.3, -0.25) is 4.79 Å². The van der Waals surface area contributed by atoms with Crippen molar-refractivity contribution in [2.75, 3.05) is 19.8 Å². The van der Waals surface area contributed by atoms with Crippen molar-refractivity contribution in [2.24, 2.45) is 7.05 Å². The van der Waals surface area contributed by atoms with Crippen molar-refractivity contribution in [3.63, 3.8) is 0 Å². The smallest absolute Gasteiger partial charge is 0.270 e. The first-order valence-corrected chi connectivity index (χ1v) is 7.82. The summed E-state index contributed by atoms with van der Waals surface area (Å²) in [6.45, 7) is 4.03. The first-order chi connectivity index (χ1) is 10.7. The molecule has 1 aromatic heterocycles. The van der Waals surface area contributed by atoms with Crippen LogP contribution in [0, 0.1) is 0 Å². The standard InChI is InChI=1S/C18H22N2O2/c1-3-15-13-22-12-11-20(15)18(21)17-10-9-16(19(17)2)14-7-5-4-6-8-14/h4-10,15H,3,11-13H2,1-2H3/t15-/m0/s1. The average Bonchev–Trinajstić information content (AvgIpc) is 2.96. The number of nitrogens with zero attached hydrogens (tertiary/aromatic N) is 2. The Balaban J connectivity index is 1.89. The molecule has 0 saturated carbocycles. The van der Waals surface area contributed by atoms with Crippen LogP contribution in [0.2, 0.25) is 0 Å². The van der Waals surface area contributed by atoms with Crippen molar-refractivity contribution in [1.82, 2.24) is 9.47 Å². The highest BCUT2D eigenvalue weighted by Crippen LogP contribution is 2.23. The van der Waals surface area contributed by atoms with E-state index in [2.05, 4.69) is 19.1 Å². The van der Waals surface area contributed by atoms with Gasteiger partial charge in [0.25, 0.3) is 5.91 Å². The van der Waals surface area contributed by atoms with Crippen molar-refractivity contribution in [2.45, 2.75) is 19.4 Å². The maximum absolute atomic E-state index is 12.9. The van der Waals surface area contributed by atoms with Gasteiger partial charge in [0.1, 0.15) is 5.69 Å². The number of rotatable bonds is 3. The minimum absolute atomic E-state index is 0.0971. The van der Waals surface area contributed by atoms with Gasteiger partial charge in [-0.15, -0.1) is 0 Å². The third kappa shape index (κ3) is 2.66. The topological polar surface area (TPSA) is 34.5 Å². The lowest BCUT2D eigenvalue weighted by atomic mass is 10.1. The van der Waals surface area contributed by atoms with Crippen molar-refractivity contribution in [3.8, 4) is 11.3 Å². The fourth-order valence-electron chi connectivity index (χ4n) is 3.03. The van der Waals surface area contributed by atoms with E-state index in [-0.39, 0.29) is 11.9 Å². The molecular weight excluding hydrogens is 276 g/mol. The van der Waals surface area contributed by atoms with Crippen molar-refractivity contribution in [3.05, 3.63) is 48.2 Å². The maximum atomic E-state index is 12.9. The lowest BCUT2D eigenvalue weighted by Gasteiger charge is -2.35. The molecule has 0 unspecified atom stereocenters.